The number of hydrogen-bond donors (Lipinski definition) is 1. The molecule has 0 fully saturated rings. The summed E-state index contributed by atoms with van der Waals surface area (Å²) in [7, 11) is 0. The maximum absolute atomic E-state index is 11.1. The topological polar surface area (TPSA) is 55.4 Å². The van der Waals surface area contributed by atoms with E-state index in [9.17, 15) is 9.59 Å². The van der Waals surface area contributed by atoms with Crippen molar-refractivity contribution in [1.29, 1.82) is 0 Å². The summed E-state index contributed by atoms with van der Waals surface area (Å²) in [6, 6.07) is 0. The van der Waals surface area contributed by atoms with Crippen LogP contribution >= 0.6 is 0 Å². The van der Waals surface area contributed by atoms with Gasteiger partial charge in [-0.2, -0.15) is 0 Å². The van der Waals surface area contributed by atoms with Crippen molar-refractivity contribution in [1.82, 2.24) is 0 Å². The summed E-state index contributed by atoms with van der Waals surface area (Å²) in [4.78, 5) is 22.1. The second-order valence-electron chi connectivity index (χ2n) is 3.11. The van der Waals surface area contributed by atoms with Crippen molar-refractivity contribution in [3.8, 4) is 5.75 Å². The van der Waals surface area contributed by atoms with Crippen molar-refractivity contribution in [3.05, 3.63) is 32.6 Å². The zero-order valence-corrected chi connectivity index (χ0v) is 8.35. The highest BCUT2D eigenvalue weighted by molar-refractivity contribution is 5.62. The molecule has 1 aromatic carbocycles. The molecular weight excluding hydrogens is 182 g/mol. The van der Waals surface area contributed by atoms with Gasteiger partial charge >= 0.3 is 0 Å². The van der Waals surface area contributed by atoms with Gasteiger partial charge in [0.2, 0.25) is 0 Å². The SMILES string of the molecule is C=C(C)CNc1c(OCC)c(=O)c1=O. The summed E-state index contributed by atoms with van der Waals surface area (Å²) in [5, 5.41) is 2.82. The van der Waals surface area contributed by atoms with Gasteiger partial charge in [0, 0.05) is 6.54 Å². The predicted molar refractivity (Wildman–Crippen MR) is 55.8 cm³/mol. The summed E-state index contributed by atoms with van der Waals surface area (Å²) in [6.07, 6.45) is 0. The van der Waals surface area contributed by atoms with Gasteiger partial charge in [-0.05, 0) is 13.8 Å². The molecule has 0 aliphatic heterocycles. The van der Waals surface area contributed by atoms with E-state index in [0.29, 0.717) is 13.2 Å². The Balaban J connectivity index is 2.77. The third kappa shape index (κ3) is 1.84. The third-order valence-electron chi connectivity index (χ3n) is 1.72. The first-order valence-electron chi connectivity index (χ1n) is 4.42. The average Bonchev–Trinajstić information content (AvgIpc) is 2.15. The van der Waals surface area contributed by atoms with Crippen LogP contribution in [0.3, 0.4) is 0 Å². The van der Waals surface area contributed by atoms with E-state index in [2.05, 4.69) is 11.9 Å². The molecule has 0 radical (unpaired) electrons. The maximum Gasteiger partial charge on any atom is 0.272 e. The molecule has 0 spiro atoms. The molecule has 0 amide bonds. The van der Waals surface area contributed by atoms with Gasteiger partial charge in [-0.15, -0.1) is 0 Å². The molecular formula is C10H13NO3. The standard InChI is InChI=1S/C10H13NO3/c1-4-14-10-7(8(12)9(10)13)11-5-6(2)3/h11H,2,4-5H2,1,3H3. The minimum absolute atomic E-state index is 0.152. The van der Waals surface area contributed by atoms with Gasteiger partial charge in [0.15, 0.2) is 5.75 Å². The molecule has 0 atom stereocenters. The minimum Gasteiger partial charge on any atom is -0.488 e. The monoisotopic (exact) mass is 195 g/mol. The molecule has 0 saturated carbocycles. The fraction of sp³-hybridized carbons (Fsp3) is 0.400. The van der Waals surface area contributed by atoms with E-state index >= 15 is 0 Å². The Labute approximate surface area is 81.9 Å². The molecule has 0 saturated heterocycles. The van der Waals surface area contributed by atoms with Gasteiger partial charge in [-0.1, -0.05) is 12.2 Å². The lowest BCUT2D eigenvalue weighted by atomic mass is 10.2. The molecule has 4 nitrogen and oxygen atoms in total. The molecule has 76 valence electrons. The molecule has 0 unspecified atom stereocenters. The molecule has 14 heavy (non-hydrogen) atoms. The fourth-order valence-corrected chi connectivity index (χ4v) is 1.05. The Morgan fingerprint density at radius 3 is 2.57 bits per heavy atom. The van der Waals surface area contributed by atoms with Crippen molar-refractivity contribution in [2.45, 2.75) is 13.8 Å². The van der Waals surface area contributed by atoms with E-state index in [4.69, 9.17) is 4.74 Å². The van der Waals surface area contributed by atoms with Gasteiger partial charge in [0.25, 0.3) is 10.9 Å². The average molecular weight is 195 g/mol. The van der Waals surface area contributed by atoms with Crippen molar-refractivity contribution in [2.75, 3.05) is 18.5 Å². The number of hydrogen-bond acceptors (Lipinski definition) is 4. The van der Waals surface area contributed by atoms with Gasteiger partial charge in [0.1, 0.15) is 5.69 Å². The molecule has 0 aliphatic carbocycles. The first kappa shape index (κ1) is 10.5. The quantitative estimate of drug-likeness (QED) is 0.554. The third-order valence-corrected chi connectivity index (χ3v) is 1.72. The van der Waals surface area contributed by atoms with E-state index < -0.39 is 10.9 Å². The molecule has 1 aromatic rings. The van der Waals surface area contributed by atoms with E-state index in [1.165, 1.54) is 0 Å². The lowest BCUT2D eigenvalue weighted by Crippen LogP contribution is -2.36. The molecule has 1 rings (SSSR count). The van der Waals surface area contributed by atoms with Crippen molar-refractivity contribution >= 4 is 5.69 Å². The van der Waals surface area contributed by atoms with Crippen LogP contribution in [-0.2, 0) is 0 Å². The van der Waals surface area contributed by atoms with Crippen LogP contribution < -0.4 is 20.9 Å². The second-order valence-corrected chi connectivity index (χ2v) is 3.11. The van der Waals surface area contributed by atoms with Crippen LogP contribution in [0.2, 0.25) is 0 Å². The van der Waals surface area contributed by atoms with Crippen LogP contribution in [0, 0.1) is 0 Å². The first-order valence-corrected chi connectivity index (χ1v) is 4.42. The molecule has 0 aromatic heterocycles. The van der Waals surface area contributed by atoms with Crippen LogP contribution in [0.15, 0.2) is 21.7 Å². The normalized spacial score (nSPS) is 10.1. The highest BCUT2D eigenvalue weighted by Crippen LogP contribution is 2.16. The highest BCUT2D eigenvalue weighted by Gasteiger charge is 2.21. The van der Waals surface area contributed by atoms with E-state index in [0.717, 1.165) is 5.57 Å². The van der Waals surface area contributed by atoms with E-state index in [1.54, 1.807) is 6.92 Å². The van der Waals surface area contributed by atoms with Crippen molar-refractivity contribution in [3.63, 3.8) is 0 Å². The van der Waals surface area contributed by atoms with Crippen LogP contribution in [0.25, 0.3) is 0 Å². The molecule has 0 aliphatic rings. The summed E-state index contributed by atoms with van der Waals surface area (Å²) < 4.78 is 5.02. The van der Waals surface area contributed by atoms with Crippen molar-refractivity contribution in [2.24, 2.45) is 0 Å². The van der Waals surface area contributed by atoms with E-state index in [1.807, 2.05) is 6.92 Å². The predicted octanol–water partition coefficient (Wildman–Crippen LogP) is 0.669. The number of ether oxygens (including phenoxy) is 1. The Morgan fingerprint density at radius 1 is 1.43 bits per heavy atom. The van der Waals surface area contributed by atoms with Crippen LogP contribution in [0.5, 0.6) is 5.75 Å². The maximum atomic E-state index is 11.1. The summed E-state index contributed by atoms with van der Waals surface area (Å²) >= 11 is 0. The first-order chi connectivity index (χ1) is 6.57. The van der Waals surface area contributed by atoms with Crippen LogP contribution in [0.1, 0.15) is 13.8 Å². The molecule has 0 heterocycles. The van der Waals surface area contributed by atoms with Gasteiger partial charge in [0.05, 0.1) is 6.61 Å². The lowest BCUT2D eigenvalue weighted by Gasteiger charge is -2.12. The Kier molecular flexibility index (Phi) is 3.06. The molecule has 4 heteroatoms. The van der Waals surface area contributed by atoms with Crippen molar-refractivity contribution < 1.29 is 4.74 Å². The van der Waals surface area contributed by atoms with Crippen LogP contribution in [-0.4, -0.2) is 13.2 Å². The van der Waals surface area contributed by atoms with Gasteiger partial charge in [-0.25, -0.2) is 0 Å². The number of nitrogens with one attached hydrogen (secondary N) is 1. The second kappa shape index (κ2) is 4.09. The van der Waals surface area contributed by atoms with Gasteiger partial charge < -0.3 is 10.1 Å². The highest BCUT2D eigenvalue weighted by atomic mass is 16.5. The van der Waals surface area contributed by atoms with E-state index in [-0.39, 0.29) is 11.4 Å². The van der Waals surface area contributed by atoms with Gasteiger partial charge in [-0.3, -0.25) is 9.59 Å². The smallest absolute Gasteiger partial charge is 0.272 e. The Morgan fingerprint density at radius 2 is 2.07 bits per heavy atom. The number of anilines is 1. The minimum atomic E-state index is -0.545. The summed E-state index contributed by atoms with van der Waals surface area (Å²) in [5.41, 5.74) is 0.117. The largest absolute Gasteiger partial charge is 0.488 e. The molecule has 0 bridgehead atoms. The zero-order valence-electron chi connectivity index (χ0n) is 8.35. The van der Waals surface area contributed by atoms with Crippen LogP contribution in [0.4, 0.5) is 5.69 Å². The number of rotatable bonds is 5. The fourth-order valence-electron chi connectivity index (χ4n) is 1.05. The Hall–Kier alpha value is -1.58. The summed E-state index contributed by atoms with van der Waals surface area (Å²) in [6.45, 7) is 8.13. The summed E-state index contributed by atoms with van der Waals surface area (Å²) in [5.74, 6) is 0.152. The molecule has 1 N–H and O–H groups in total. The Bertz CT molecular complexity index is 413. The lowest BCUT2D eigenvalue weighted by molar-refractivity contribution is 0.335. The zero-order chi connectivity index (χ0) is 10.7.